The molecule has 1 aromatic carbocycles. The van der Waals surface area contributed by atoms with Crippen molar-refractivity contribution >= 4 is 5.69 Å². The monoisotopic (exact) mass is 231 g/mol. The molecular formula is C15H21NO. The molecule has 0 bridgehead atoms. The molecule has 1 aliphatic carbocycles. The van der Waals surface area contributed by atoms with Gasteiger partial charge in [-0.05, 0) is 50.2 Å². The summed E-state index contributed by atoms with van der Waals surface area (Å²) in [6, 6.07) is 6.40. The van der Waals surface area contributed by atoms with E-state index in [1.165, 1.54) is 36.9 Å². The molecule has 0 spiro atoms. The molecule has 1 fully saturated rings. The van der Waals surface area contributed by atoms with E-state index in [2.05, 4.69) is 30.4 Å². The number of hydrogen-bond donors (Lipinski definition) is 1. The molecule has 1 heterocycles. The molecule has 1 N–H and O–H groups in total. The number of anilines is 1. The van der Waals surface area contributed by atoms with Gasteiger partial charge in [-0.2, -0.15) is 0 Å². The molecule has 17 heavy (non-hydrogen) atoms. The highest BCUT2D eigenvalue weighted by Gasteiger charge is 2.24. The quantitative estimate of drug-likeness (QED) is 0.839. The minimum absolute atomic E-state index is 0.443. The fourth-order valence-electron chi connectivity index (χ4n) is 3.03. The normalized spacial score (nSPS) is 27.4. The second-order valence-electron chi connectivity index (χ2n) is 5.47. The van der Waals surface area contributed by atoms with Gasteiger partial charge in [-0.15, -0.1) is 0 Å². The van der Waals surface area contributed by atoms with Crippen LogP contribution in [0.1, 0.15) is 38.2 Å². The van der Waals surface area contributed by atoms with Crippen molar-refractivity contribution < 1.29 is 4.74 Å². The average molecular weight is 231 g/mol. The second-order valence-corrected chi connectivity index (χ2v) is 5.47. The van der Waals surface area contributed by atoms with Gasteiger partial charge in [0.15, 0.2) is 0 Å². The fourth-order valence-corrected chi connectivity index (χ4v) is 3.03. The van der Waals surface area contributed by atoms with Crippen molar-refractivity contribution in [3.05, 3.63) is 23.8 Å². The molecule has 0 amide bonds. The van der Waals surface area contributed by atoms with Gasteiger partial charge in [0.25, 0.3) is 0 Å². The van der Waals surface area contributed by atoms with E-state index >= 15 is 0 Å². The van der Waals surface area contributed by atoms with Crippen molar-refractivity contribution in [2.24, 2.45) is 5.92 Å². The Morgan fingerprint density at radius 3 is 3.06 bits per heavy atom. The summed E-state index contributed by atoms with van der Waals surface area (Å²) in [6.45, 7) is 3.42. The molecule has 92 valence electrons. The first-order valence-corrected chi connectivity index (χ1v) is 6.85. The van der Waals surface area contributed by atoms with Crippen molar-refractivity contribution in [3.8, 4) is 5.75 Å². The van der Waals surface area contributed by atoms with Gasteiger partial charge < -0.3 is 10.1 Å². The second kappa shape index (κ2) is 4.59. The lowest BCUT2D eigenvalue weighted by atomic mass is 10.0. The Bertz CT molecular complexity index is 402. The Morgan fingerprint density at radius 1 is 1.29 bits per heavy atom. The first-order chi connectivity index (χ1) is 8.33. The largest absolute Gasteiger partial charge is 0.490 e. The van der Waals surface area contributed by atoms with E-state index in [0.717, 1.165) is 24.6 Å². The maximum atomic E-state index is 6.20. The zero-order chi connectivity index (χ0) is 11.7. The van der Waals surface area contributed by atoms with Crippen LogP contribution in [0.15, 0.2) is 18.2 Å². The zero-order valence-electron chi connectivity index (χ0n) is 10.5. The summed E-state index contributed by atoms with van der Waals surface area (Å²) >= 11 is 0. The highest BCUT2D eigenvalue weighted by atomic mass is 16.5. The van der Waals surface area contributed by atoms with Crippen molar-refractivity contribution in [2.45, 2.75) is 45.1 Å². The van der Waals surface area contributed by atoms with Gasteiger partial charge in [0, 0.05) is 17.8 Å². The Labute approximate surface area is 103 Å². The third-order valence-electron chi connectivity index (χ3n) is 3.99. The topological polar surface area (TPSA) is 21.3 Å². The Morgan fingerprint density at radius 2 is 2.24 bits per heavy atom. The van der Waals surface area contributed by atoms with Gasteiger partial charge >= 0.3 is 0 Å². The predicted molar refractivity (Wildman–Crippen MR) is 70.7 cm³/mol. The summed E-state index contributed by atoms with van der Waals surface area (Å²) in [5.41, 5.74) is 2.66. The molecule has 3 rings (SSSR count). The molecule has 2 nitrogen and oxygen atoms in total. The van der Waals surface area contributed by atoms with Crippen molar-refractivity contribution in [1.29, 1.82) is 0 Å². The van der Waals surface area contributed by atoms with Crippen LogP contribution in [0.2, 0.25) is 0 Å². The molecule has 2 aliphatic rings. The van der Waals surface area contributed by atoms with Crippen LogP contribution in [0.4, 0.5) is 5.69 Å². The summed E-state index contributed by atoms with van der Waals surface area (Å²) in [6.07, 6.45) is 6.57. The Hall–Kier alpha value is -1.18. The first-order valence-electron chi connectivity index (χ1n) is 6.85. The van der Waals surface area contributed by atoms with Gasteiger partial charge in [-0.25, -0.2) is 0 Å². The number of hydrogen-bond acceptors (Lipinski definition) is 2. The predicted octanol–water partition coefficient (Wildman–Crippen LogP) is 3.61. The zero-order valence-corrected chi connectivity index (χ0v) is 10.5. The van der Waals surface area contributed by atoms with E-state index in [0.29, 0.717) is 6.10 Å². The van der Waals surface area contributed by atoms with E-state index in [-0.39, 0.29) is 0 Å². The molecule has 2 unspecified atom stereocenters. The lowest BCUT2D eigenvalue weighted by molar-refractivity contribution is 0.203. The molecular weight excluding hydrogens is 210 g/mol. The Kier molecular flexibility index (Phi) is 2.96. The lowest BCUT2D eigenvalue weighted by Crippen LogP contribution is -2.16. The van der Waals surface area contributed by atoms with Crippen LogP contribution in [0, 0.1) is 5.92 Å². The van der Waals surface area contributed by atoms with Crippen LogP contribution in [0.25, 0.3) is 0 Å². The molecule has 1 saturated carbocycles. The van der Waals surface area contributed by atoms with Crippen molar-refractivity contribution in [1.82, 2.24) is 0 Å². The molecule has 0 aromatic heterocycles. The third-order valence-corrected chi connectivity index (χ3v) is 3.99. The molecule has 1 aliphatic heterocycles. The summed E-state index contributed by atoms with van der Waals surface area (Å²) in [5, 5.41) is 3.46. The maximum absolute atomic E-state index is 6.20. The van der Waals surface area contributed by atoms with E-state index in [1.807, 2.05) is 0 Å². The summed E-state index contributed by atoms with van der Waals surface area (Å²) in [5.74, 6) is 1.95. The molecule has 2 atom stereocenters. The Balaban J connectivity index is 1.78. The average Bonchev–Trinajstić information content (AvgIpc) is 2.75. The van der Waals surface area contributed by atoms with Gasteiger partial charge in [-0.3, -0.25) is 0 Å². The van der Waals surface area contributed by atoms with E-state index in [9.17, 15) is 0 Å². The van der Waals surface area contributed by atoms with Crippen LogP contribution in [-0.4, -0.2) is 12.6 Å². The smallest absolute Gasteiger partial charge is 0.124 e. The highest BCUT2D eigenvalue weighted by molar-refractivity contribution is 5.59. The van der Waals surface area contributed by atoms with E-state index in [4.69, 9.17) is 4.74 Å². The van der Waals surface area contributed by atoms with Crippen molar-refractivity contribution in [2.75, 3.05) is 11.9 Å². The highest BCUT2D eigenvalue weighted by Crippen LogP contribution is 2.34. The number of nitrogens with one attached hydrogen (secondary N) is 1. The fraction of sp³-hybridized carbons (Fsp3) is 0.600. The van der Waals surface area contributed by atoms with Gasteiger partial charge in [0.2, 0.25) is 0 Å². The van der Waals surface area contributed by atoms with Crippen LogP contribution >= 0.6 is 0 Å². The maximum Gasteiger partial charge on any atom is 0.124 e. The molecule has 2 heteroatoms. The standard InChI is InChI=1S/C15H21NO/c1-11-7-8-12(10-11)17-15-6-2-5-14-13(15)4-3-9-16-14/h2,5-6,11-12,16H,3-4,7-10H2,1H3. The number of fused-ring (bicyclic) bond motifs is 1. The van der Waals surface area contributed by atoms with Crippen LogP contribution < -0.4 is 10.1 Å². The third kappa shape index (κ3) is 2.26. The van der Waals surface area contributed by atoms with E-state index in [1.54, 1.807) is 0 Å². The number of rotatable bonds is 2. The van der Waals surface area contributed by atoms with Crippen LogP contribution in [0.3, 0.4) is 0 Å². The minimum Gasteiger partial charge on any atom is -0.490 e. The van der Waals surface area contributed by atoms with Crippen LogP contribution in [-0.2, 0) is 6.42 Å². The first kappa shape index (κ1) is 10.9. The van der Waals surface area contributed by atoms with Crippen molar-refractivity contribution in [3.63, 3.8) is 0 Å². The van der Waals surface area contributed by atoms with E-state index < -0.39 is 0 Å². The van der Waals surface area contributed by atoms with Gasteiger partial charge in [0.1, 0.15) is 5.75 Å². The minimum atomic E-state index is 0.443. The molecule has 0 saturated heterocycles. The lowest BCUT2D eigenvalue weighted by Gasteiger charge is -2.23. The molecule has 0 radical (unpaired) electrons. The van der Waals surface area contributed by atoms with Gasteiger partial charge in [-0.1, -0.05) is 13.0 Å². The van der Waals surface area contributed by atoms with Crippen LogP contribution in [0.5, 0.6) is 5.75 Å². The number of ether oxygens (including phenoxy) is 1. The SMILES string of the molecule is CC1CCC(Oc2cccc3c2CCCN3)C1. The summed E-state index contributed by atoms with van der Waals surface area (Å²) < 4.78 is 6.20. The number of benzene rings is 1. The molecule has 1 aromatic rings. The van der Waals surface area contributed by atoms with Gasteiger partial charge in [0.05, 0.1) is 6.10 Å². The summed E-state index contributed by atoms with van der Waals surface area (Å²) in [7, 11) is 0. The summed E-state index contributed by atoms with van der Waals surface area (Å²) in [4.78, 5) is 0.